The first-order valence-corrected chi connectivity index (χ1v) is 10.6. The van der Waals surface area contributed by atoms with Crippen LogP contribution in [-0.4, -0.2) is 19.5 Å². The maximum Gasteiger partial charge on any atom is 0.157 e. The SMILES string of the molecule is CCCCCCCC#CCCCCCCCCOC1CCCCO1. The lowest BCUT2D eigenvalue weighted by Gasteiger charge is -2.22. The van der Waals surface area contributed by atoms with Gasteiger partial charge in [-0.1, -0.05) is 58.3 Å². The summed E-state index contributed by atoms with van der Waals surface area (Å²) in [5.74, 6) is 6.67. The number of rotatable bonds is 14. The van der Waals surface area contributed by atoms with Crippen LogP contribution < -0.4 is 0 Å². The highest BCUT2D eigenvalue weighted by Crippen LogP contribution is 2.14. The molecule has 1 aliphatic heterocycles. The zero-order chi connectivity index (χ0) is 17.1. The Hall–Kier alpha value is -0.520. The van der Waals surface area contributed by atoms with Gasteiger partial charge in [-0.2, -0.15) is 0 Å². The van der Waals surface area contributed by atoms with Crippen LogP contribution in [0.5, 0.6) is 0 Å². The van der Waals surface area contributed by atoms with E-state index in [9.17, 15) is 0 Å². The van der Waals surface area contributed by atoms with E-state index in [2.05, 4.69) is 18.8 Å². The Labute approximate surface area is 151 Å². The van der Waals surface area contributed by atoms with Gasteiger partial charge in [0.1, 0.15) is 0 Å². The molecular formula is C22H40O2. The van der Waals surface area contributed by atoms with Gasteiger partial charge >= 0.3 is 0 Å². The summed E-state index contributed by atoms with van der Waals surface area (Å²) in [4.78, 5) is 0. The molecule has 2 heteroatoms. The Morgan fingerprint density at radius 3 is 2.04 bits per heavy atom. The predicted octanol–water partition coefficient (Wildman–Crippen LogP) is 6.62. The number of ether oxygens (including phenoxy) is 2. The second kappa shape index (κ2) is 17.3. The van der Waals surface area contributed by atoms with Crippen molar-refractivity contribution in [2.75, 3.05) is 13.2 Å². The van der Waals surface area contributed by atoms with Crippen LogP contribution in [0.3, 0.4) is 0 Å². The normalized spacial score (nSPS) is 17.5. The fourth-order valence-electron chi connectivity index (χ4n) is 3.07. The lowest BCUT2D eigenvalue weighted by molar-refractivity contribution is -0.162. The average molecular weight is 337 g/mol. The molecular weight excluding hydrogens is 296 g/mol. The van der Waals surface area contributed by atoms with E-state index in [0.29, 0.717) is 0 Å². The summed E-state index contributed by atoms with van der Waals surface area (Å²) in [5.41, 5.74) is 0. The number of unbranched alkanes of at least 4 members (excludes halogenated alkanes) is 11. The molecule has 1 aliphatic rings. The van der Waals surface area contributed by atoms with Gasteiger partial charge in [0, 0.05) is 26.1 Å². The minimum Gasteiger partial charge on any atom is -0.353 e. The molecule has 1 fully saturated rings. The lowest BCUT2D eigenvalue weighted by atomic mass is 10.1. The summed E-state index contributed by atoms with van der Waals surface area (Å²) >= 11 is 0. The van der Waals surface area contributed by atoms with Gasteiger partial charge < -0.3 is 9.47 Å². The Morgan fingerprint density at radius 1 is 0.792 bits per heavy atom. The largest absolute Gasteiger partial charge is 0.353 e. The Kier molecular flexibility index (Phi) is 15.5. The van der Waals surface area contributed by atoms with Crippen molar-refractivity contribution >= 4 is 0 Å². The molecule has 24 heavy (non-hydrogen) atoms. The summed E-state index contributed by atoms with van der Waals surface area (Å²) < 4.78 is 11.3. The highest BCUT2D eigenvalue weighted by molar-refractivity contribution is 4.98. The van der Waals surface area contributed by atoms with E-state index < -0.39 is 0 Å². The quantitative estimate of drug-likeness (QED) is 0.262. The summed E-state index contributed by atoms with van der Waals surface area (Å²) in [6.07, 6.45) is 20.3. The molecule has 0 aromatic carbocycles. The van der Waals surface area contributed by atoms with E-state index in [4.69, 9.17) is 9.47 Å². The minimum absolute atomic E-state index is 0.0870. The average Bonchev–Trinajstić information content (AvgIpc) is 2.62. The molecule has 0 spiro atoms. The van der Waals surface area contributed by atoms with E-state index in [1.165, 1.54) is 83.5 Å². The van der Waals surface area contributed by atoms with Gasteiger partial charge in [-0.05, 0) is 38.5 Å². The van der Waals surface area contributed by atoms with Crippen molar-refractivity contribution in [2.45, 2.75) is 116 Å². The smallest absolute Gasteiger partial charge is 0.157 e. The first kappa shape index (κ1) is 21.5. The number of hydrogen-bond acceptors (Lipinski definition) is 2. The fourth-order valence-corrected chi connectivity index (χ4v) is 3.07. The van der Waals surface area contributed by atoms with E-state index >= 15 is 0 Å². The minimum atomic E-state index is 0.0870. The molecule has 0 saturated carbocycles. The molecule has 0 radical (unpaired) electrons. The Morgan fingerprint density at radius 2 is 1.42 bits per heavy atom. The summed E-state index contributed by atoms with van der Waals surface area (Å²) in [7, 11) is 0. The van der Waals surface area contributed by atoms with Crippen molar-refractivity contribution in [3.05, 3.63) is 0 Å². The maximum absolute atomic E-state index is 5.76. The second-order valence-corrected chi connectivity index (χ2v) is 7.06. The van der Waals surface area contributed by atoms with Crippen molar-refractivity contribution in [2.24, 2.45) is 0 Å². The van der Waals surface area contributed by atoms with Gasteiger partial charge in [0.05, 0.1) is 0 Å². The molecule has 1 atom stereocenters. The highest BCUT2D eigenvalue weighted by atomic mass is 16.7. The first-order valence-electron chi connectivity index (χ1n) is 10.6. The van der Waals surface area contributed by atoms with Crippen LogP contribution in [0.4, 0.5) is 0 Å². The van der Waals surface area contributed by atoms with Crippen LogP contribution in [0.1, 0.15) is 110 Å². The second-order valence-electron chi connectivity index (χ2n) is 7.06. The summed E-state index contributed by atoms with van der Waals surface area (Å²) in [5, 5.41) is 0. The van der Waals surface area contributed by atoms with Gasteiger partial charge in [-0.15, -0.1) is 11.8 Å². The van der Waals surface area contributed by atoms with Crippen LogP contribution >= 0.6 is 0 Å². The van der Waals surface area contributed by atoms with Gasteiger partial charge in [0.25, 0.3) is 0 Å². The third kappa shape index (κ3) is 13.9. The molecule has 2 nitrogen and oxygen atoms in total. The third-order valence-electron chi connectivity index (χ3n) is 4.67. The van der Waals surface area contributed by atoms with Crippen LogP contribution in [0.15, 0.2) is 0 Å². The molecule has 0 N–H and O–H groups in total. The van der Waals surface area contributed by atoms with Gasteiger partial charge in [-0.3, -0.25) is 0 Å². The summed E-state index contributed by atoms with van der Waals surface area (Å²) in [6.45, 7) is 4.01. The van der Waals surface area contributed by atoms with Crippen molar-refractivity contribution in [3.63, 3.8) is 0 Å². The van der Waals surface area contributed by atoms with Crippen LogP contribution in [0.25, 0.3) is 0 Å². The van der Waals surface area contributed by atoms with Gasteiger partial charge in [-0.25, -0.2) is 0 Å². The first-order chi connectivity index (χ1) is 11.9. The molecule has 0 aliphatic carbocycles. The van der Waals surface area contributed by atoms with Crippen LogP contribution in [0.2, 0.25) is 0 Å². The van der Waals surface area contributed by atoms with E-state index in [0.717, 1.165) is 32.5 Å². The lowest BCUT2D eigenvalue weighted by Crippen LogP contribution is -2.22. The van der Waals surface area contributed by atoms with Crippen LogP contribution in [0, 0.1) is 11.8 Å². The maximum atomic E-state index is 5.76. The standard InChI is InChI=1S/C22H40O2/c1-2-3-4-5-6-7-8-9-10-11-12-13-14-15-17-20-23-22-19-16-18-21-24-22/h22H,2-7,10-21H2,1H3. The van der Waals surface area contributed by atoms with E-state index in [-0.39, 0.29) is 6.29 Å². The third-order valence-corrected chi connectivity index (χ3v) is 4.67. The Balaban J connectivity index is 1.73. The van der Waals surface area contributed by atoms with Gasteiger partial charge in [0.15, 0.2) is 6.29 Å². The molecule has 0 aromatic heterocycles. The van der Waals surface area contributed by atoms with E-state index in [1.54, 1.807) is 0 Å². The van der Waals surface area contributed by atoms with E-state index in [1.807, 2.05) is 0 Å². The molecule has 1 saturated heterocycles. The highest BCUT2D eigenvalue weighted by Gasteiger charge is 2.13. The number of hydrogen-bond donors (Lipinski definition) is 0. The molecule has 1 unspecified atom stereocenters. The Bertz CT molecular complexity index is 310. The van der Waals surface area contributed by atoms with Crippen molar-refractivity contribution in [3.8, 4) is 11.8 Å². The predicted molar refractivity (Wildman–Crippen MR) is 103 cm³/mol. The van der Waals surface area contributed by atoms with Crippen molar-refractivity contribution < 1.29 is 9.47 Å². The molecule has 0 amide bonds. The monoisotopic (exact) mass is 336 g/mol. The fraction of sp³-hybridized carbons (Fsp3) is 0.909. The van der Waals surface area contributed by atoms with Gasteiger partial charge in [0.2, 0.25) is 0 Å². The molecule has 0 aromatic rings. The molecule has 0 bridgehead atoms. The van der Waals surface area contributed by atoms with Crippen molar-refractivity contribution in [1.29, 1.82) is 0 Å². The van der Waals surface area contributed by atoms with Crippen molar-refractivity contribution in [1.82, 2.24) is 0 Å². The topological polar surface area (TPSA) is 18.5 Å². The zero-order valence-corrected chi connectivity index (χ0v) is 16.1. The molecule has 1 rings (SSSR count). The molecule has 1 heterocycles. The van der Waals surface area contributed by atoms with Crippen LogP contribution in [-0.2, 0) is 9.47 Å². The summed E-state index contributed by atoms with van der Waals surface area (Å²) in [6, 6.07) is 0. The molecule has 140 valence electrons. The zero-order valence-electron chi connectivity index (χ0n) is 16.1.